The van der Waals surface area contributed by atoms with Gasteiger partial charge in [-0.2, -0.15) is 0 Å². The molecule has 3 rings (SSSR count). The zero-order chi connectivity index (χ0) is 16.6. The number of hydrogen-bond donors (Lipinski definition) is 1. The highest BCUT2D eigenvalue weighted by atomic mass is 16.5. The minimum Gasteiger partial charge on any atom is -0.492 e. The van der Waals surface area contributed by atoms with Crippen LogP contribution in [0.4, 0.5) is 10.5 Å². The van der Waals surface area contributed by atoms with Gasteiger partial charge in [0.05, 0.1) is 11.9 Å². The molecule has 0 radical (unpaired) electrons. The largest absolute Gasteiger partial charge is 0.492 e. The third-order valence-corrected chi connectivity index (χ3v) is 3.99. The molecule has 1 aliphatic rings. The fraction of sp³-hybridized carbons (Fsp3) is 0.333. The predicted molar refractivity (Wildman–Crippen MR) is 93.2 cm³/mol. The molecule has 24 heavy (non-hydrogen) atoms. The van der Waals surface area contributed by atoms with Gasteiger partial charge in [0.25, 0.3) is 0 Å². The molecule has 126 valence electrons. The van der Waals surface area contributed by atoms with Crippen molar-refractivity contribution >= 4 is 11.7 Å². The van der Waals surface area contributed by atoms with Gasteiger partial charge in [0.15, 0.2) is 0 Å². The first-order valence-corrected chi connectivity index (χ1v) is 8.17. The van der Waals surface area contributed by atoms with Crippen LogP contribution in [0.2, 0.25) is 0 Å². The zero-order valence-corrected chi connectivity index (χ0v) is 13.6. The molecule has 0 unspecified atom stereocenters. The van der Waals surface area contributed by atoms with Crippen LogP contribution >= 0.6 is 0 Å². The monoisotopic (exact) mass is 326 g/mol. The number of rotatable bonds is 5. The number of carbonyl (C=O) groups excluding carboxylic acids is 1. The normalized spacial score (nSPS) is 15.1. The van der Waals surface area contributed by atoms with E-state index in [0.717, 1.165) is 44.2 Å². The highest BCUT2D eigenvalue weighted by molar-refractivity contribution is 5.89. The van der Waals surface area contributed by atoms with E-state index in [-0.39, 0.29) is 6.03 Å². The van der Waals surface area contributed by atoms with Gasteiger partial charge in [-0.15, -0.1) is 0 Å². The number of urea groups is 1. The number of piperazine rings is 1. The molecule has 1 saturated heterocycles. The highest BCUT2D eigenvalue weighted by Gasteiger charge is 2.20. The average Bonchev–Trinajstić information content (AvgIpc) is 2.64. The van der Waals surface area contributed by atoms with E-state index in [4.69, 9.17) is 4.74 Å². The number of pyridine rings is 1. The molecule has 0 atom stereocenters. The van der Waals surface area contributed by atoms with Crippen molar-refractivity contribution in [2.45, 2.75) is 0 Å². The number of hydrogen-bond acceptors (Lipinski definition) is 4. The number of ether oxygens (including phenoxy) is 1. The van der Waals surface area contributed by atoms with E-state index in [2.05, 4.69) is 15.2 Å². The van der Waals surface area contributed by atoms with Crippen LogP contribution in [0, 0.1) is 0 Å². The number of para-hydroxylation sites is 1. The van der Waals surface area contributed by atoms with Crippen LogP contribution in [0.25, 0.3) is 0 Å². The second-order valence-corrected chi connectivity index (χ2v) is 5.66. The Labute approximate surface area is 142 Å². The van der Waals surface area contributed by atoms with E-state index in [1.807, 2.05) is 41.3 Å². The summed E-state index contributed by atoms with van der Waals surface area (Å²) in [6.07, 6.45) is 3.33. The highest BCUT2D eigenvalue weighted by Crippen LogP contribution is 2.10. The molecule has 0 aliphatic carbocycles. The summed E-state index contributed by atoms with van der Waals surface area (Å²) in [6.45, 7) is 4.69. The Morgan fingerprint density at radius 3 is 2.58 bits per heavy atom. The summed E-state index contributed by atoms with van der Waals surface area (Å²) in [4.78, 5) is 20.4. The molecular weight excluding hydrogens is 304 g/mol. The molecule has 1 aliphatic heterocycles. The molecule has 6 heteroatoms. The Balaban J connectivity index is 1.37. The Bertz CT molecular complexity index is 628. The number of aromatic nitrogens is 1. The lowest BCUT2D eigenvalue weighted by molar-refractivity contribution is 0.132. The van der Waals surface area contributed by atoms with Gasteiger partial charge in [-0.1, -0.05) is 18.2 Å². The molecule has 2 heterocycles. The standard InChI is InChI=1S/C18H22N4O2/c23-18(20-16-5-4-8-19-15-16)22-11-9-21(10-12-22)13-14-24-17-6-2-1-3-7-17/h1-8,15H,9-14H2,(H,20,23). The number of amides is 2. The minimum absolute atomic E-state index is 0.0665. The Hall–Kier alpha value is -2.60. The van der Waals surface area contributed by atoms with Crippen molar-refractivity contribution in [1.82, 2.24) is 14.8 Å². The van der Waals surface area contributed by atoms with E-state index in [1.165, 1.54) is 0 Å². The zero-order valence-electron chi connectivity index (χ0n) is 13.6. The Kier molecular flexibility index (Phi) is 5.63. The lowest BCUT2D eigenvalue weighted by Crippen LogP contribution is -2.50. The van der Waals surface area contributed by atoms with E-state index in [1.54, 1.807) is 18.5 Å². The summed E-state index contributed by atoms with van der Waals surface area (Å²) in [5.74, 6) is 0.895. The minimum atomic E-state index is -0.0665. The maximum absolute atomic E-state index is 12.2. The van der Waals surface area contributed by atoms with Crippen molar-refractivity contribution in [1.29, 1.82) is 0 Å². The smallest absolute Gasteiger partial charge is 0.321 e. The van der Waals surface area contributed by atoms with E-state index in [0.29, 0.717) is 6.61 Å². The van der Waals surface area contributed by atoms with Crippen molar-refractivity contribution in [3.63, 3.8) is 0 Å². The fourth-order valence-corrected chi connectivity index (χ4v) is 2.62. The van der Waals surface area contributed by atoms with Crippen LogP contribution in [0.1, 0.15) is 0 Å². The van der Waals surface area contributed by atoms with Gasteiger partial charge < -0.3 is 15.0 Å². The quantitative estimate of drug-likeness (QED) is 0.916. The van der Waals surface area contributed by atoms with Crippen LogP contribution in [-0.2, 0) is 0 Å². The van der Waals surface area contributed by atoms with Gasteiger partial charge in [-0.25, -0.2) is 4.79 Å². The van der Waals surface area contributed by atoms with Crippen LogP contribution < -0.4 is 10.1 Å². The molecule has 1 aromatic carbocycles. The molecule has 1 fully saturated rings. The van der Waals surface area contributed by atoms with E-state index < -0.39 is 0 Å². The van der Waals surface area contributed by atoms with Crippen molar-refractivity contribution in [2.75, 3.05) is 44.6 Å². The molecule has 0 bridgehead atoms. The molecule has 0 spiro atoms. The molecule has 6 nitrogen and oxygen atoms in total. The number of nitrogens with zero attached hydrogens (tertiary/aromatic N) is 3. The van der Waals surface area contributed by atoms with Crippen molar-refractivity contribution < 1.29 is 9.53 Å². The van der Waals surface area contributed by atoms with Crippen LogP contribution in [0.3, 0.4) is 0 Å². The van der Waals surface area contributed by atoms with E-state index in [9.17, 15) is 4.79 Å². The van der Waals surface area contributed by atoms with Crippen molar-refractivity contribution in [2.24, 2.45) is 0 Å². The van der Waals surface area contributed by atoms with Crippen LogP contribution in [0.15, 0.2) is 54.9 Å². The van der Waals surface area contributed by atoms with E-state index >= 15 is 0 Å². The maximum Gasteiger partial charge on any atom is 0.321 e. The summed E-state index contributed by atoms with van der Waals surface area (Å²) in [7, 11) is 0. The molecule has 0 saturated carbocycles. The van der Waals surface area contributed by atoms with Crippen molar-refractivity contribution in [3.05, 3.63) is 54.9 Å². The summed E-state index contributed by atoms with van der Waals surface area (Å²) < 4.78 is 5.72. The average molecular weight is 326 g/mol. The van der Waals surface area contributed by atoms with Gasteiger partial charge in [-0.05, 0) is 24.3 Å². The summed E-state index contributed by atoms with van der Waals surface area (Å²) in [6, 6.07) is 13.4. The van der Waals surface area contributed by atoms with Crippen molar-refractivity contribution in [3.8, 4) is 5.75 Å². The molecule has 1 N–H and O–H groups in total. The maximum atomic E-state index is 12.2. The third kappa shape index (κ3) is 4.70. The molecule has 1 aromatic heterocycles. The first-order valence-electron chi connectivity index (χ1n) is 8.17. The summed E-state index contributed by atoms with van der Waals surface area (Å²) in [5, 5.41) is 2.87. The second-order valence-electron chi connectivity index (χ2n) is 5.66. The topological polar surface area (TPSA) is 57.7 Å². The first kappa shape index (κ1) is 16.3. The fourth-order valence-electron chi connectivity index (χ4n) is 2.62. The predicted octanol–water partition coefficient (Wildman–Crippen LogP) is 2.31. The SMILES string of the molecule is O=C(Nc1cccnc1)N1CCN(CCOc2ccccc2)CC1. The lowest BCUT2D eigenvalue weighted by atomic mass is 10.3. The first-order chi connectivity index (χ1) is 11.8. The molecule has 2 aromatic rings. The van der Waals surface area contributed by atoms with Crippen LogP contribution in [-0.4, -0.2) is 60.1 Å². The number of anilines is 1. The summed E-state index contributed by atoms with van der Waals surface area (Å²) >= 11 is 0. The second kappa shape index (κ2) is 8.31. The number of nitrogens with one attached hydrogen (secondary N) is 1. The Morgan fingerprint density at radius 1 is 1.08 bits per heavy atom. The van der Waals surface area contributed by atoms with Gasteiger partial charge in [0.1, 0.15) is 12.4 Å². The molecule has 2 amide bonds. The Morgan fingerprint density at radius 2 is 1.88 bits per heavy atom. The van der Waals surface area contributed by atoms with Gasteiger partial charge in [0.2, 0.25) is 0 Å². The van der Waals surface area contributed by atoms with Gasteiger partial charge in [0, 0.05) is 38.9 Å². The number of carbonyl (C=O) groups is 1. The van der Waals surface area contributed by atoms with Gasteiger partial charge in [-0.3, -0.25) is 9.88 Å². The lowest BCUT2D eigenvalue weighted by Gasteiger charge is -2.34. The molecular formula is C18H22N4O2. The summed E-state index contributed by atoms with van der Waals surface area (Å²) in [5.41, 5.74) is 0.723. The van der Waals surface area contributed by atoms with Gasteiger partial charge >= 0.3 is 6.03 Å². The third-order valence-electron chi connectivity index (χ3n) is 3.99. The van der Waals surface area contributed by atoms with Crippen LogP contribution in [0.5, 0.6) is 5.75 Å². The number of benzene rings is 1.